The second kappa shape index (κ2) is 3.70. The highest BCUT2D eigenvalue weighted by Gasteiger charge is 2.30. The van der Waals surface area contributed by atoms with E-state index in [9.17, 15) is 9.18 Å². The molecule has 2 bridgehead atoms. The number of piperidine rings is 1. The van der Waals surface area contributed by atoms with Crippen molar-refractivity contribution in [3.05, 3.63) is 33.7 Å². The van der Waals surface area contributed by atoms with Gasteiger partial charge in [-0.25, -0.2) is 4.39 Å². The normalized spacial score (nSPS) is 27.6. The Morgan fingerprint density at radius 2 is 2.31 bits per heavy atom. The summed E-state index contributed by atoms with van der Waals surface area (Å²) in [5.41, 5.74) is 1.49. The van der Waals surface area contributed by atoms with Crippen molar-refractivity contribution in [2.75, 3.05) is 13.1 Å². The summed E-state index contributed by atoms with van der Waals surface area (Å²) in [5, 5.41) is 3.38. The number of pyridine rings is 1. The van der Waals surface area contributed by atoms with E-state index in [2.05, 4.69) is 5.32 Å². The van der Waals surface area contributed by atoms with Gasteiger partial charge in [0.15, 0.2) is 0 Å². The standard InChI is InChI=1S/C12H15FN2O/c13-4-8-2-11-10-1-9(5-14-6-10)7-15(11)12(16)3-8/h2-3,9-10,14H,1,4-7H2/t9-,10+/m0/s1. The molecule has 1 N–H and O–H groups in total. The maximum Gasteiger partial charge on any atom is 0.251 e. The molecule has 1 aromatic heterocycles. The summed E-state index contributed by atoms with van der Waals surface area (Å²) in [6, 6.07) is 3.28. The third-order valence-electron chi connectivity index (χ3n) is 3.67. The molecule has 1 saturated heterocycles. The molecule has 0 saturated carbocycles. The highest BCUT2D eigenvalue weighted by molar-refractivity contribution is 5.23. The van der Waals surface area contributed by atoms with E-state index in [0.717, 1.165) is 31.7 Å². The summed E-state index contributed by atoms with van der Waals surface area (Å²) in [4.78, 5) is 11.9. The van der Waals surface area contributed by atoms with Crippen molar-refractivity contribution in [3.63, 3.8) is 0 Å². The quantitative estimate of drug-likeness (QED) is 0.770. The van der Waals surface area contributed by atoms with Crippen LogP contribution in [0.15, 0.2) is 16.9 Å². The average molecular weight is 222 g/mol. The number of aromatic nitrogens is 1. The molecule has 16 heavy (non-hydrogen) atoms. The topological polar surface area (TPSA) is 34.0 Å². The predicted molar refractivity (Wildman–Crippen MR) is 59.2 cm³/mol. The van der Waals surface area contributed by atoms with E-state index >= 15 is 0 Å². The molecule has 4 heteroatoms. The fourth-order valence-corrected chi connectivity index (χ4v) is 2.94. The van der Waals surface area contributed by atoms with Crippen molar-refractivity contribution in [1.29, 1.82) is 0 Å². The Balaban J connectivity index is 2.13. The lowest BCUT2D eigenvalue weighted by atomic mass is 9.84. The van der Waals surface area contributed by atoms with Crippen LogP contribution in [-0.4, -0.2) is 17.7 Å². The molecule has 2 atom stereocenters. The fraction of sp³-hybridized carbons (Fsp3) is 0.583. The summed E-state index contributed by atoms with van der Waals surface area (Å²) in [5.74, 6) is 0.937. The van der Waals surface area contributed by atoms with Gasteiger partial charge in [-0.2, -0.15) is 0 Å². The van der Waals surface area contributed by atoms with Crippen LogP contribution in [0.4, 0.5) is 4.39 Å². The lowest BCUT2D eigenvalue weighted by Crippen LogP contribution is -2.44. The summed E-state index contributed by atoms with van der Waals surface area (Å²) in [7, 11) is 0. The van der Waals surface area contributed by atoms with E-state index in [0.29, 0.717) is 17.4 Å². The Morgan fingerprint density at radius 1 is 1.44 bits per heavy atom. The first-order chi connectivity index (χ1) is 7.78. The van der Waals surface area contributed by atoms with Crippen LogP contribution in [0.25, 0.3) is 0 Å². The summed E-state index contributed by atoms with van der Waals surface area (Å²) in [6.07, 6.45) is 1.13. The molecule has 3 heterocycles. The number of halogens is 1. The SMILES string of the molecule is O=c1cc(CF)cc2n1C[C@@H]1CNC[C@H]2C1. The van der Waals surface area contributed by atoms with Gasteiger partial charge in [-0.1, -0.05) is 0 Å². The van der Waals surface area contributed by atoms with E-state index in [1.807, 2.05) is 10.6 Å². The molecule has 0 spiro atoms. The number of hydrogen-bond donors (Lipinski definition) is 1. The maximum atomic E-state index is 12.6. The molecule has 0 radical (unpaired) electrons. The smallest absolute Gasteiger partial charge is 0.251 e. The van der Waals surface area contributed by atoms with Gasteiger partial charge in [-0.3, -0.25) is 4.79 Å². The molecule has 0 unspecified atom stereocenters. The molecule has 86 valence electrons. The van der Waals surface area contributed by atoms with E-state index < -0.39 is 6.67 Å². The van der Waals surface area contributed by atoms with Crippen LogP contribution >= 0.6 is 0 Å². The van der Waals surface area contributed by atoms with Gasteiger partial charge in [-0.05, 0) is 30.5 Å². The highest BCUT2D eigenvalue weighted by Crippen LogP contribution is 2.31. The molecule has 1 fully saturated rings. The van der Waals surface area contributed by atoms with Crippen molar-refractivity contribution in [1.82, 2.24) is 9.88 Å². The van der Waals surface area contributed by atoms with Crippen LogP contribution in [0, 0.1) is 5.92 Å². The largest absolute Gasteiger partial charge is 0.316 e. The van der Waals surface area contributed by atoms with E-state index in [1.54, 1.807) is 0 Å². The molecular formula is C12H15FN2O. The van der Waals surface area contributed by atoms with Crippen LogP contribution in [-0.2, 0) is 13.2 Å². The van der Waals surface area contributed by atoms with Gasteiger partial charge in [0.05, 0.1) is 0 Å². The van der Waals surface area contributed by atoms with Crippen molar-refractivity contribution >= 4 is 0 Å². The van der Waals surface area contributed by atoms with Gasteiger partial charge in [0, 0.05) is 30.8 Å². The second-order valence-electron chi connectivity index (χ2n) is 4.83. The molecular weight excluding hydrogens is 207 g/mol. The number of nitrogens with one attached hydrogen (secondary N) is 1. The molecule has 2 aliphatic rings. The first kappa shape index (κ1) is 10.0. The molecule has 1 aromatic rings. The molecule has 0 amide bonds. The third-order valence-corrected chi connectivity index (χ3v) is 3.67. The Labute approximate surface area is 93.3 Å². The van der Waals surface area contributed by atoms with Crippen LogP contribution < -0.4 is 10.9 Å². The maximum absolute atomic E-state index is 12.6. The number of rotatable bonds is 1. The van der Waals surface area contributed by atoms with Crippen LogP contribution in [0.3, 0.4) is 0 Å². The monoisotopic (exact) mass is 222 g/mol. The van der Waals surface area contributed by atoms with Gasteiger partial charge in [0.1, 0.15) is 6.67 Å². The Kier molecular flexibility index (Phi) is 2.32. The first-order valence-electron chi connectivity index (χ1n) is 5.78. The summed E-state index contributed by atoms with van der Waals surface area (Å²) in [6.45, 7) is 2.13. The summed E-state index contributed by atoms with van der Waals surface area (Å²) < 4.78 is 14.5. The third kappa shape index (κ3) is 1.48. The molecule has 0 aromatic carbocycles. The van der Waals surface area contributed by atoms with Crippen LogP contribution in [0.2, 0.25) is 0 Å². The van der Waals surface area contributed by atoms with Gasteiger partial charge in [0.2, 0.25) is 0 Å². The number of hydrogen-bond acceptors (Lipinski definition) is 2. The van der Waals surface area contributed by atoms with Gasteiger partial charge < -0.3 is 9.88 Å². The van der Waals surface area contributed by atoms with E-state index in [4.69, 9.17) is 0 Å². The molecule has 3 nitrogen and oxygen atoms in total. The van der Waals surface area contributed by atoms with Gasteiger partial charge in [0.25, 0.3) is 5.56 Å². The molecule has 2 aliphatic heterocycles. The van der Waals surface area contributed by atoms with Crippen LogP contribution in [0.1, 0.15) is 23.6 Å². The zero-order valence-electron chi connectivity index (χ0n) is 9.08. The van der Waals surface area contributed by atoms with E-state index in [1.165, 1.54) is 6.07 Å². The minimum atomic E-state index is -0.549. The van der Waals surface area contributed by atoms with Crippen molar-refractivity contribution in [3.8, 4) is 0 Å². The van der Waals surface area contributed by atoms with Crippen molar-refractivity contribution in [2.24, 2.45) is 5.92 Å². The summed E-state index contributed by atoms with van der Waals surface area (Å²) >= 11 is 0. The second-order valence-corrected chi connectivity index (χ2v) is 4.83. The predicted octanol–water partition coefficient (Wildman–Crippen LogP) is 1.02. The fourth-order valence-electron chi connectivity index (χ4n) is 2.94. The lowest BCUT2D eigenvalue weighted by molar-refractivity contribution is 0.256. The molecule has 0 aliphatic carbocycles. The minimum absolute atomic E-state index is 0.0400. The Bertz CT molecular complexity index is 469. The Morgan fingerprint density at radius 3 is 3.12 bits per heavy atom. The van der Waals surface area contributed by atoms with E-state index in [-0.39, 0.29) is 5.56 Å². The highest BCUT2D eigenvalue weighted by atomic mass is 19.1. The zero-order chi connectivity index (χ0) is 11.1. The van der Waals surface area contributed by atoms with Crippen LogP contribution in [0.5, 0.6) is 0 Å². The van der Waals surface area contributed by atoms with Gasteiger partial charge >= 0.3 is 0 Å². The number of nitrogens with zero attached hydrogens (tertiary/aromatic N) is 1. The Hall–Kier alpha value is -1.16. The van der Waals surface area contributed by atoms with Crippen molar-refractivity contribution in [2.45, 2.75) is 25.6 Å². The minimum Gasteiger partial charge on any atom is -0.316 e. The van der Waals surface area contributed by atoms with Crippen molar-refractivity contribution < 1.29 is 4.39 Å². The lowest BCUT2D eigenvalue weighted by Gasteiger charge is -2.37. The number of alkyl halides is 1. The zero-order valence-corrected chi connectivity index (χ0v) is 9.08. The average Bonchev–Trinajstić information content (AvgIpc) is 2.31. The molecule has 3 rings (SSSR count). The van der Waals surface area contributed by atoms with Gasteiger partial charge in [-0.15, -0.1) is 0 Å². The number of fused-ring (bicyclic) bond motifs is 4. The first-order valence-corrected chi connectivity index (χ1v) is 5.78.